The van der Waals surface area contributed by atoms with Gasteiger partial charge in [0.05, 0.1) is 6.54 Å². The number of rotatable bonds is 4. The summed E-state index contributed by atoms with van der Waals surface area (Å²) >= 11 is 0. The lowest BCUT2D eigenvalue weighted by atomic mass is 10.1. The number of amides is 1. The molecular weight excluding hydrogens is 298 g/mol. The highest BCUT2D eigenvalue weighted by Crippen LogP contribution is 2.34. The second-order valence-corrected chi connectivity index (χ2v) is 5.85. The van der Waals surface area contributed by atoms with E-state index in [2.05, 4.69) is 17.4 Å². The van der Waals surface area contributed by atoms with E-state index in [1.54, 1.807) is 0 Å². The van der Waals surface area contributed by atoms with Crippen LogP contribution in [0, 0.1) is 11.6 Å². The molecule has 2 aromatic rings. The average molecular weight is 316 g/mol. The first kappa shape index (κ1) is 15.6. The smallest absolute Gasteiger partial charge is 0.238 e. The fourth-order valence-corrected chi connectivity index (χ4v) is 3.10. The standard InChI is InChI=1S/C18H18F2N2O/c1-22(17-9-6-12-4-2-3-5-14(12)17)11-18(23)21-13-7-8-15(19)16(20)10-13/h2-5,7-8,10,17H,6,9,11H2,1H3,(H,21,23). The van der Waals surface area contributed by atoms with Gasteiger partial charge in [-0.2, -0.15) is 0 Å². The van der Waals surface area contributed by atoms with Crippen molar-refractivity contribution in [2.45, 2.75) is 18.9 Å². The van der Waals surface area contributed by atoms with Gasteiger partial charge in [-0.1, -0.05) is 24.3 Å². The first-order valence-electron chi connectivity index (χ1n) is 7.57. The quantitative estimate of drug-likeness (QED) is 0.936. The van der Waals surface area contributed by atoms with Crippen LogP contribution in [0.4, 0.5) is 14.5 Å². The van der Waals surface area contributed by atoms with Crippen LogP contribution in [0.1, 0.15) is 23.6 Å². The molecule has 1 aliphatic carbocycles. The van der Waals surface area contributed by atoms with E-state index < -0.39 is 11.6 Å². The number of benzene rings is 2. The molecule has 0 fully saturated rings. The lowest BCUT2D eigenvalue weighted by Crippen LogP contribution is -2.32. The molecule has 0 heterocycles. The number of hydrogen-bond donors (Lipinski definition) is 1. The van der Waals surface area contributed by atoms with Gasteiger partial charge in [0.25, 0.3) is 0 Å². The second-order valence-electron chi connectivity index (χ2n) is 5.85. The van der Waals surface area contributed by atoms with Crippen LogP contribution in [0.5, 0.6) is 0 Å². The number of nitrogens with zero attached hydrogens (tertiary/aromatic N) is 1. The van der Waals surface area contributed by atoms with Gasteiger partial charge in [0.2, 0.25) is 5.91 Å². The van der Waals surface area contributed by atoms with Crippen molar-refractivity contribution in [3.8, 4) is 0 Å². The number of aryl methyl sites for hydroxylation is 1. The highest BCUT2D eigenvalue weighted by atomic mass is 19.2. The number of fused-ring (bicyclic) bond motifs is 1. The van der Waals surface area contributed by atoms with Crippen molar-refractivity contribution in [2.75, 3.05) is 18.9 Å². The SMILES string of the molecule is CN(CC(=O)Nc1ccc(F)c(F)c1)C1CCc2ccccc21. The molecule has 1 unspecified atom stereocenters. The van der Waals surface area contributed by atoms with Gasteiger partial charge in [-0.05, 0) is 43.1 Å². The van der Waals surface area contributed by atoms with E-state index in [0.29, 0.717) is 0 Å². The molecule has 0 spiro atoms. The molecule has 23 heavy (non-hydrogen) atoms. The second kappa shape index (κ2) is 6.46. The van der Waals surface area contributed by atoms with E-state index in [9.17, 15) is 13.6 Å². The number of anilines is 1. The van der Waals surface area contributed by atoms with Gasteiger partial charge in [0.1, 0.15) is 0 Å². The summed E-state index contributed by atoms with van der Waals surface area (Å²) in [5.41, 5.74) is 2.84. The lowest BCUT2D eigenvalue weighted by Gasteiger charge is -2.24. The predicted octanol–water partition coefficient (Wildman–Crippen LogP) is 3.52. The van der Waals surface area contributed by atoms with E-state index in [4.69, 9.17) is 0 Å². The number of carbonyl (C=O) groups is 1. The molecule has 3 rings (SSSR count). The van der Waals surface area contributed by atoms with Gasteiger partial charge in [0.15, 0.2) is 11.6 Å². The highest BCUT2D eigenvalue weighted by molar-refractivity contribution is 5.92. The third kappa shape index (κ3) is 3.40. The van der Waals surface area contributed by atoms with Crippen LogP contribution in [-0.4, -0.2) is 24.4 Å². The Labute approximate surface area is 133 Å². The molecule has 3 nitrogen and oxygen atoms in total. The first-order valence-corrected chi connectivity index (χ1v) is 7.57. The van der Waals surface area contributed by atoms with Crippen molar-refractivity contribution >= 4 is 11.6 Å². The zero-order valence-electron chi connectivity index (χ0n) is 12.9. The Morgan fingerprint density at radius 3 is 2.78 bits per heavy atom. The summed E-state index contributed by atoms with van der Waals surface area (Å²) in [7, 11) is 1.90. The van der Waals surface area contributed by atoms with E-state index in [0.717, 1.165) is 25.0 Å². The molecule has 1 amide bonds. The lowest BCUT2D eigenvalue weighted by molar-refractivity contribution is -0.117. The number of hydrogen-bond acceptors (Lipinski definition) is 2. The minimum atomic E-state index is -0.971. The normalized spacial score (nSPS) is 16.4. The summed E-state index contributed by atoms with van der Waals surface area (Å²) in [6.07, 6.45) is 1.99. The third-order valence-electron chi connectivity index (χ3n) is 4.23. The van der Waals surface area contributed by atoms with Crippen LogP contribution >= 0.6 is 0 Å². The van der Waals surface area contributed by atoms with E-state index >= 15 is 0 Å². The Bertz CT molecular complexity index is 733. The average Bonchev–Trinajstić information content (AvgIpc) is 2.95. The molecule has 0 saturated carbocycles. The number of halogens is 2. The third-order valence-corrected chi connectivity index (χ3v) is 4.23. The number of carbonyl (C=O) groups excluding carboxylic acids is 1. The van der Waals surface area contributed by atoms with Gasteiger partial charge in [-0.3, -0.25) is 9.69 Å². The van der Waals surface area contributed by atoms with Crippen molar-refractivity contribution in [3.63, 3.8) is 0 Å². The topological polar surface area (TPSA) is 32.3 Å². The minimum Gasteiger partial charge on any atom is -0.325 e. The van der Waals surface area contributed by atoms with E-state index in [-0.39, 0.29) is 24.2 Å². The van der Waals surface area contributed by atoms with Crippen LogP contribution in [0.2, 0.25) is 0 Å². The maximum absolute atomic E-state index is 13.2. The van der Waals surface area contributed by atoms with Crippen molar-refractivity contribution in [1.29, 1.82) is 0 Å². The zero-order valence-corrected chi connectivity index (χ0v) is 12.9. The van der Waals surface area contributed by atoms with Crippen LogP contribution in [0.15, 0.2) is 42.5 Å². The van der Waals surface area contributed by atoms with Crippen molar-refractivity contribution in [3.05, 3.63) is 65.2 Å². The fraction of sp³-hybridized carbons (Fsp3) is 0.278. The van der Waals surface area contributed by atoms with Crippen molar-refractivity contribution in [2.24, 2.45) is 0 Å². The summed E-state index contributed by atoms with van der Waals surface area (Å²) in [5, 5.41) is 2.60. The Kier molecular flexibility index (Phi) is 4.39. The summed E-state index contributed by atoms with van der Waals surface area (Å²) in [6.45, 7) is 0.192. The molecule has 0 aliphatic heterocycles. The maximum atomic E-state index is 13.2. The van der Waals surface area contributed by atoms with Crippen LogP contribution < -0.4 is 5.32 Å². The molecule has 0 bridgehead atoms. The summed E-state index contributed by atoms with van der Waals surface area (Å²) in [4.78, 5) is 14.1. The number of likely N-dealkylation sites (N-methyl/N-ethyl adjacent to an activating group) is 1. The maximum Gasteiger partial charge on any atom is 0.238 e. The molecule has 1 aliphatic rings. The highest BCUT2D eigenvalue weighted by Gasteiger charge is 2.26. The Morgan fingerprint density at radius 1 is 1.22 bits per heavy atom. The zero-order chi connectivity index (χ0) is 16.4. The van der Waals surface area contributed by atoms with Crippen molar-refractivity contribution < 1.29 is 13.6 Å². The molecular formula is C18H18F2N2O. The Hall–Kier alpha value is -2.27. The molecule has 5 heteroatoms. The molecule has 0 aromatic heterocycles. The molecule has 2 aromatic carbocycles. The van der Waals surface area contributed by atoms with Crippen LogP contribution in [0.3, 0.4) is 0 Å². The fourth-order valence-electron chi connectivity index (χ4n) is 3.10. The van der Waals surface area contributed by atoms with Gasteiger partial charge < -0.3 is 5.32 Å². The summed E-state index contributed by atoms with van der Waals surface area (Å²) in [6, 6.07) is 11.8. The van der Waals surface area contributed by atoms with Gasteiger partial charge >= 0.3 is 0 Å². The Balaban J connectivity index is 1.63. The van der Waals surface area contributed by atoms with Gasteiger partial charge in [-0.15, -0.1) is 0 Å². The van der Waals surface area contributed by atoms with Gasteiger partial charge in [-0.25, -0.2) is 8.78 Å². The molecule has 0 radical (unpaired) electrons. The van der Waals surface area contributed by atoms with E-state index in [1.165, 1.54) is 17.2 Å². The minimum absolute atomic E-state index is 0.192. The predicted molar refractivity (Wildman–Crippen MR) is 85.1 cm³/mol. The van der Waals surface area contributed by atoms with Gasteiger partial charge in [0, 0.05) is 17.8 Å². The molecule has 1 N–H and O–H groups in total. The first-order chi connectivity index (χ1) is 11.0. The summed E-state index contributed by atoms with van der Waals surface area (Å²) in [5.74, 6) is -2.15. The van der Waals surface area contributed by atoms with Crippen LogP contribution in [-0.2, 0) is 11.2 Å². The Morgan fingerprint density at radius 2 is 2.00 bits per heavy atom. The monoisotopic (exact) mass is 316 g/mol. The molecule has 0 saturated heterocycles. The number of nitrogens with one attached hydrogen (secondary N) is 1. The van der Waals surface area contributed by atoms with Crippen LogP contribution in [0.25, 0.3) is 0 Å². The van der Waals surface area contributed by atoms with Crippen molar-refractivity contribution in [1.82, 2.24) is 4.90 Å². The van der Waals surface area contributed by atoms with E-state index in [1.807, 2.05) is 24.1 Å². The molecule has 120 valence electrons. The molecule has 1 atom stereocenters. The largest absolute Gasteiger partial charge is 0.325 e. The summed E-state index contributed by atoms with van der Waals surface area (Å²) < 4.78 is 26.1.